The highest BCUT2D eigenvalue weighted by Crippen LogP contribution is 2.25. The number of benzene rings is 2. The van der Waals surface area contributed by atoms with E-state index in [0.29, 0.717) is 23.0 Å². The molecule has 27 heavy (non-hydrogen) atoms. The number of Topliss-reactive ketones (excluding diaryl/α,β-unsaturated/α-hetero) is 1. The predicted octanol–water partition coefficient (Wildman–Crippen LogP) is 4.87. The van der Waals surface area contributed by atoms with Gasteiger partial charge in [0.15, 0.2) is 10.9 Å². The van der Waals surface area contributed by atoms with Crippen LogP contribution in [-0.2, 0) is 12.3 Å². The van der Waals surface area contributed by atoms with Gasteiger partial charge in [0.25, 0.3) is 0 Å². The highest BCUT2D eigenvalue weighted by Gasteiger charge is 2.14. The number of nitrogens with zero attached hydrogens (tertiary/aromatic N) is 3. The van der Waals surface area contributed by atoms with Gasteiger partial charge in [-0.1, -0.05) is 36.0 Å². The summed E-state index contributed by atoms with van der Waals surface area (Å²) in [7, 11) is 0. The Morgan fingerprint density at radius 2 is 1.81 bits per heavy atom. The first kappa shape index (κ1) is 19.4. The molecule has 0 fully saturated rings. The number of halogens is 1. The predicted molar refractivity (Wildman–Crippen MR) is 108 cm³/mol. The minimum absolute atomic E-state index is 0.0756. The zero-order valence-electron chi connectivity index (χ0n) is 14.5. The molecule has 0 aliphatic rings. The van der Waals surface area contributed by atoms with Crippen molar-refractivity contribution in [3.05, 3.63) is 84.5 Å². The number of hydrogen-bond acceptors (Lipinski definition) is 5. The van der Waals surface area contributed by atoms with Gasteiger partial charge >= 0.3 is 0 Å². The summed E-state index contributed by atoms with van der Waals surface area (Å²) in [6.07, 6.45) is 1.78. The molecule has 3 rings (SSSR count). The molecular formula is C20H18FN3OS2. The third-order valence-corrected chi connectivity index (χ3v) is 5.69. The van der Waals surface area contributed by atoms with E-state index in [1.54, 1.807) is 17.8 Å². The van der Waals surface area contributed by atoms with Gasteiger partial charge in [-0.3, -0.25) is 4.79 Å². The van der Waals surface area contributed by atoms with Crippen LogP contribution in [0.2, 0.25) is 0 Å². The van der Waals surface area contributed by atoms with Gasteiger partial charge in [-0.2, -0.15) is 0 Å². The van der Waals surface area contributed by atoms with Crippen LogP contribution >= 0.6 is 23.5 Å². The second-order valence-electron chi connectivity index (χ2n) is 5.62. The average Bonchev–Trinajstić information content (AvgIpc) is 3.08. The number of carbonyl (C=O) groups is 1. The maximum absolute atomic E-state index is 13.0. The lowest BCUT2D eigenvalue weighted by atomic mass is 10.1. The Morgan fingerprint density at radius 3 is 2.52 bits per heavy atom. The molecule has 4 nitrogen and oxygen atoms in total. The van der Waals surface area contributed by atoms with Crippen molar-refractivity contribution in [2.24, 2.45) is 0 Å². The molecule has 1 aromatic heterocycles. The zero-order chi connectivity index (χ0) is 19.1. The number of allylic oxidation sites excluding steroid dienone is 1. The van der Waals surface area contributed by atoms with Crippen LogP contribution in [0.3, 0.4) is 0 Å². The number of carbonyl (C=O) groups excluding carboxylic acids is 1. The molecule has 0 saturated heterocycles. The fourth-order valence-corrected chi connectivity index (χ4v) is 4.08. The SMILES string of the molecule is C=CCn1c(CSc2ccccc2)nnc1SCC(=O)c1ccc(F)cc1. The first-order valence-electron chi connectivity index (χ1n) is 8.30. The Hall–Kier alpha value is -2.38. The Bertz CT molecular complexity index is 911. The topological polar surface area (TPSA) is 47.8 Å². The lowest BCUT2D eigenvalue weighted by Crippen LogP contribution is -2.06. The van der Waals surface area contributed by atoms with Gasteiger partial charge in [-0.25, -0.2) is 4.39 Å². The van der Waals surface area contributed by atoms with E-state index in [2.05, 4.69) is 28.9 Å². The van der Waals surface area contributed by atoms with Crippen LogP contribution in [0.25, 0.3) is 0 Å². The Labute approximate surface area is 165 Å². The maximum atomic E-state index is 13.0. The van der Waals surface area contributed by atoms with Crippen molar-refractivity contribution in [2.75, 3.05) is 5.75 Å². The van der Waals surface area contributed by atoms with Crippen molar-refractivity contribution in [3.63, 3.8) is 0 Å². The summed E-state index contributed by atoms with van der Waals surface area (Å²) >= 11 is 3.01. The van der Waals surface area contributed by atoms with Crippen LogP contribution in [0.5, 0.6) is 0 Å². The Kier molecular flexibility index (Phi) is 6.84. The second-order valence-corrected chi connectivity index (χ2v) is 7.61. The van der Waals surface area contributed by atoms with E-state index in [-0.39, 0.29) is 17.4 Å². The van der Waals surface area contributed by atoms with E-state index < -0.39 is 0 Å². The Balaban J connectivity index is 1.66. The fraction of sp³-hybridized carbons (Fsp3) is 0.150. The van der Waals surface area contributed by atoms with Crippen molar-refractivity contribution in [1.29, 1.82) is 0 Å². The van der Waals surface area contributed by atoms with Crippen molar-refractivity contribution in [1.82, 2.24) is 14.8 Å². The summed E-state index contributed by atoms with van der Waals surface area (Å²) in [6.45, 7) is 4.37. The molecule has 0 radical (unpaired) electrons. The lowest BCUT2D eigenvalue weighted by molar-refractivity contribution is 0.102. The van der Waals surface area contributed by atoms with Gasteiger partial charge in [0.1, 0.15) is 11.6 Å². The van der Waals surface area contributed by atoms with Crippen LogP contribution in [0.1, 0.15) is 16.2 Å². The molecule has 0 atom stereocenters. The molecule has 0 unspecified atom stereocenters. The number of rotatable bonds is 9. The van der Waals surface area contributed by atoms with Gasteiger partial charge in [0.2, 0.25) is 0 Å². The molecule has 0 saturated carbocycles. The summed E-state index contributed by atoms with van der Waals surface area (Å²) in [5, 5.41) is 9.18. The summed E-state index contributed by atoms with van der Waals surface area (Å²) in [5.74, 6) is 1.30. The van der Waals surface area contributed by atoms with E-state index in [1.807, 2.05) is 22.8 Å². The van der Waals surface area contributed by atoms with Crippen molar-refractivity contribution in [2.45, 2.75) is 22.3 Å². The van der Waals surface area contributed by atoms with Crippen LogP contribution in [0, 0.1) is 5.82 Å². The van der Waals surface area contributed by atoms with Gasteiger partial charge < -0.3 is 4.57 Å². The molecule has 0 amide bonds. The molecule has 2 aromatic carbocycles. The van der Waals surface area contributed by atoms with Crippen LogP contribution in [0.15, 0.2) is 77.3 Å². The zero-order valence-corrected chi connectivity index (χ0v) is 16.2. The average molecular weight is 400 g/mol. The van der Waals surface area contributed by atoms with E-state index in [4.69, 9.17) is 0 Å². The van der Waals surface area contributed by atoms with Crippen LogP contribution < -0.4 is 0 Å². The monoisotopic (exact) mass is 399 g/mol. The van der Waals surface area contributed by atoms with E-state index in [0.717, 1.165) is 10.7 Å². The highest BCUT2D eigenvalue weighted by atomic mass is 32.2. The first-order chi connectivity index (χ1) is 13.2. The van der Waals surface area contributed by atoms with Gasteiger partial charge in [-0.05, 0) is 36.4 Å². The quantitative estimate of drug-likeness (QED) is 0.292. The molecule has 0 aliphatic carbocycles. The van der Waals surface area contributed by atoms with Gasteiger partial charge in [0.05, 0.1) is 11.5 Å². The molecule has 0 aliphatic heterocycles. The summed E-state index contributed by atoms with van der Waals surface area (Å²) in [6, 6.07) is 15.7. The molecule has 138 valence electrons. The van der Waals surface area contributed by atoms with Crippen LogP contribution in [-0.4, -0.2) is 26.3 Å². The maximum Gasteiger partial charge on any atom is 0.191 e. The molecule has 0 bridgehead atoms. The van der Waals surface area contributed by atoms with Crippen molar-refractivity contribution < 1.29 is 9.18 Å². The largest absolute Gasteiger partial charge is 0.301 e. The lowest BCUT2D eigenvalue weighted by Gasteiger charge is -2.07. The normalized spacial score (nSPS) is 10.7. The molecule has 7 heteroatoms. The van der Waals surface area contributed by atoms with Gasteiger partial charge in [0, 0.05) is 17.0 Å². The number of thioether (sulfide) groups is 2. The highest BCUT2D eigenvalue weighted by molar-refractivity contribution is 7.99. The van der Waals surface area contributed by atoms with Gasteiger partial charge in [-0.15, -0.1) is 28.5 Å². The van der Waals surface area contributed by atoms with Crippen LogP contribution in [0.4, 0.5) is 4.39 Å². The Morgan fingerprint density at radius 1 is 1.07 bits per heavy atom. The van der Waals surface area contributed by atoms with E-state index >= 15 is 0 Å². The van der Waals surface area contributed by atoms with E-state index in [1.165, 1.54) is 36.0 Å². The minimum atomic E-state index is -0.356. The number of ketones is 1. The summed E-state index contributed by atoms with van der Waals surface area (Å²) in [4.78, 5) is 13.4. The van der Waals surface area contributed by atoms with E-state index in [9.17, 15) is 9.18 Å². The molecule has 0 N–H and O–H groups in total. The van der Waals surface area contributed by atoms with Crippen molar-refractivity contribution in [3.8, 4) is 0 Å². The molecule has 3 aromatic rings. The third-order valence-electron chi connectivity index (χ3n) is 3.71. The van der Waals surface area contributed by atoms with Crippen molar-refractivity contribution >= 4 is 29.3 Å². The molecule has 0 spiro atoms. The first-order valence-corrected chi connectivity index (χ1v) is 10.3. The fourth-order valence-electron chi connectivity index (χ4n) is 2.36. The number of aromatic nitrogens is 3. The molecule has 1 heterocycles. The smallest absolute Gasteiger partial charge is 0.191 e. The summed E-state index contributed by atoms with van der Waals surface area (Å²) < 4.78 is 15.0. The third kappa shape index (κ3) is 5.30. The second kappa shape index (κ2) is 9.53. The minimum Gasteiger partial charge on any atom is -0.301 e. The molecular weight excluding hydrogens is 381 g/mol. The number of hydrogen-bond donors (Lipinski definition) is 0. The standard InChI is InChI=1S/C20H18FN3OS2/c1-2-12-24-19(14-26-17-6-4-3-5-7-17)22-23-20(24)27-13-18(25)15-8-10-16(21)11-9-15/h2-11H,1,12-14H2. The summed E-state index contributed by atoms with van der Waals surface area (Å²) in [5.41, 5.74) is 0.485.